The average molecular weight is 419 g/mol. The Morgan fingerprint density at radius 1 is 1.00 bits per heavy atom. The SMILES string of the molecule is CC(=O)Nc1ccc(OCC(=O)N2c3ccccc3SC[C@H]2c2ccccc2)cc1. The van der Waals surface area contributed by atoms with Crippen LogP contribution in [-0.2, 0) is 9.59 Å². The topological polar surface area (TPSA) is 58.6 Å². The highest BCUT2D eigenvalue weighted by Gasteiger charge is 2.32. The van der Waals surface area contributed by atoms with Gasteiger partial charge in [0.1, 0.15) is 5.75 Å². The first-order chi connectivity index (χ1) is 14.6. The maximum absolute atomic E-state index is 13.3. The van der Waals surface area contributed by atoms with E-state index in [9.17, 15) is 9.59 Å². The van der Waals surface area contributed by atoms with Gasteiger partial charge in [-0.05, 0) is 42.0 Å². The van der Waals surface area contributed by atoms with Crippen molar-refractivity contribution < 1.29 is 14.3 Å². The van der Waals surface area contributed by atoms with Gasteiger partial charge in [0.05, 0.1) is 11.7 Å². The van der Waals surface area contributed by atoms with Crippen LogP contribution in [0.5, 0.6) is 5.75 Å². The lowest BCUT2D eigenvalue weighted by Crippen LogP contribution is -2.41. The fraction of sp³-hybridized carbons (Fsp3) is 0.167. The first-order valence-corrected chi connectivity index (χ1v) is 10.7. The molecular formula is C24H22N2O3S. The van der Waals surface area contributed by atoms with E-state index >= 15 is 0 Å². The number of nitrogens with one attached hydrogen (secondary N) is 1. The maximum Gasteiger partial charge on any atom is 0.265 e. The van der Waals surface area contributed by atoms with Gasteiger partial charge in [0.2, 0.25) is 5.91 Å². The van der Waals surface area contributed by atoms with E-state index in [1.165, 1.54) is 6.92 Å². The van der Waals surface area contributed by atoms with Crippen molar-refractivity contribution in [2.75, 3.05) is 22.6 Å². The van der Waals surface area contributed by atoms with Crippen LogP contribution in [0, 0.1) is 0 Å². The summed E-state index contributed by atoms with van der Waals surface area (Å²) in [5.41, 5.74) is 2.71. The van der Waals surface area contributed by atoms with Crippen LogP contribution in [0.4, 0.5) is 11.4 Å². The molecule has 1 heterocycles. The van der Waals surface area contributed by atoms with Crippen molar-refractivity contribution in [1.29, 1.82) is 0 Å². The van der Waals surface area contributed by atoms with Crippen molar-refractivity contribution >= 4 is 35.0 Å². The van der Waals surface area contributed by atoms with Gasteiger partial charge in [-0.15, -0.1) is 11.8 Å². The van der Waals surface area contributed by atoms with Gasteiger partial charge in [0.15, 0.2) is 6.61 Å². The lowest BCUT2D eigenvalue weighted by Gasteiger charge is -2.37. The Kier molecular flexibility index (Phi) is 6.05. The van der Waals surface area contributed by atoms with Crippen molar-refractivity contribution in [1.82, 2.24) is 0 Å². The van der Waals surface area contributed by atoms with Crippen molar-refractivity contribution in [3.63, 3.8) is 0 Å². The molecule has 0 saturated heterocycles. The fourth-order valence-corrected chi connectivity index (χ4v) is 4.64. The molecule has 4 rings (SSSR count). The van der Waals surface area contributed by atoms with E-state index in [-0.39, 0.29) is 24.5 Å². The number of ether oxygens (including phenoxy) is 1. The highest BCUT2D eigenvalue weighted by molar-refractivity contribution is 7.99. The third-order valence-electron chi connectivity index (χ3n) is 4.82. The molecule has 0 saturated carbocycles. The molecule has 0 radical (unpaired) electrons. The number of nitrogens with zero attached hydrogens (tertiary/aromatic N) is 1. The number of para-hydroxylation sites is 1. The summed E-state index contributed by atoms with van der Waals surface area (Å²) in [7, 11) is 0. The van der Waals surface area contributed by atoms with Crippen LogP contribution < -0.4 is 15.0 Å². The van der Waals surface area contributed by atoms with Crippen LogP contribution in [-0.4, -0.2) is 24.2 Å². The molecule has 1 N–H and O–H groups in total. The molecule has 1 atom stereocenters. The molecule has 0 spiro atoms. The molecule has 3 aromatic carbocycles. The largest absolute Gasteiger partial charge is 0.484 e. The first-order valence-electron chi connectivity index (χ1n) is 9.71. The van der Waals surface area contributed by atoms with Crippen LogP contribution in [0.2, 0.25) is 0 Å². The summed E-state index contributed by atoms with van der Waals surface area (Å²) >= 11 is 1.76. The summed E-state index contributed by atoms with van der Waals surface area (Å²) in [4.78, 5) is 27.4. The lowest BCUT2D eigenvalue weighted by atomic mass is 10.1. The van der Waals surface area contributed by atoms with E-state index in [1.54, 1.807) is 36.0 Å². The zero-order valence-electron chi connectivity index (χ0n) is 16.6. The number of thioether (sulfide) groups is 1. The van der Waals surface area contributed by atoms with Gasteiger partial charge < -0.3 is 10.1 Å². The van der Waals surface area contributed by atoms with E-state index in [0.717, 1.165) is 21.9 Å². The smallest absolute Gasteiger partial charge is 0.265 e. The van der Waals surface area contributed by atoms with Gasteiger partial charge >= 0.3 is 0 Å². The molecule has 2 amide bonds. The standard InChI is InChI=1S/C24H22N2O3S/c1-17(27)25-19-11-13-20(14-12-19)29-15-24(28)26-21-9-5-6-10-23(21)30-16-22(26)18-7-3-2-4-8-18/h2-14,22H,15-16H2,1H3,(H,25,27)/t22-/m0/s1. The van der Waals surface area contributed by atoms with E-state index in [2.05, 4.69) is 17.4 Å². The van der Waals surface area contributed by atoms with Gasteiger partial charge in [-0.3, -0.25) is 14.5 Å². The Bertz CT molecular complexity index is 1040. The molecule has 1 aliphatic rings. The molecule has 0 bridgehead atoms. The summed E-state index contributed by atoms with van der Waals surface area (Å²) in [5, 5.41) is 2.71. The van der Waals surface area contributed by atoms with E-state index in [4.69, 9.17) is 4.74 Å². The van der Waals surface area contributed by atoms with Crippen LogP contribution >= 0.6 is 11.8 Å². The molecule has 30 heavy (non-hydrogen) atoms. The molecule has 152 valence electrons. The summed E-state index contributed by atoms with van der Waals surface area (Å²) in [6, 6.07) is 25.0. The third-order valence-corrected chi connectivity index (χ3v) is 5.96. The fourth-order valence-electron chi connectivity index (χ4n) is 3.47. The molecule has 6 heteroatoms. The number of carbonyl (C=O) groups excluding carboxylic acids is 2. The highest BCUT2D eigenvalue weighted by atomic mass is 32.2. The second-order valence-electron chi connectivity index (χ2n) is 6.96. The number of amides is 2. The number of hydrogen-bond acceptors (Lipinski definition) is 4. The van der Waals surface area contributed by atoms with E-state index in [0.29, 0.717) is 11.4 Å². The number of hydrogen-bond donors (Lipinski definition) is 1. The molecule has 0 aromatic heterocycles. The molecule has 1 aliphatic heterocycles. The van der Waals surface area contributed by atoms with Crippen molar-refractivity contribution in [3.05, 3.63) is 84.4 Å². The van der Waals surface area contributed by atoms with Gasteiger partial charge in [-0.25, -0.2) is 0 Å². The summed E-state index contributed by atoms with van der Waals surface area (Å²) in [5.74, 6) is 1.14. The summed E-state index contributed by atoms with van der Waals surface area (Å²) in [6.45, 7) is 1.39. The Hall–Kier alpha value is -3.25. The van der Waals surface area contributed by atoms with E-state index < -0.39 is 0 Å². The molecule has 3 aromatic rings. The number of rotatable bonds is 5. The van der Waals surface area contributed by atoms with Gasteiger partial charge in [0, 0.05) is 23.3 Å². The Labute approximate surface area is 180 Å². The second-order valence-corrected chi connectivity index (χ2v) is 8.03. The first kappa shape index (κ1) is 20.0. The zero-order chi connectivity index (χ0) is 20.9. The number of anilines is 2. The van der Waals surface area contributed by atoms with Crippen LogP contribution in [0.15, 0.2) is 83.8 Å². The van der Waals surface area contributed by atoms with Crippen molar-refractivity contribution in [3.8, 4) is 5.75 Å². The summed E-state index contributed by atoms with van der Waals surface area (Å²) < 4.78 is 5.77. The minimum Gasteiger partial charge on any atom is -0.484 e. The number of carbonyl (C=O) groups is 2. The average Bonchev–Trinajstić information content (AvgIpc) is 2.78. The van der Waals surface area contributed by atoms with E-state index in [1.807, 2.05) is 47.4 Å². The minimum absolute atomic E-state index is 0.0515. The lowest BCUT2D eigenvalue weighted by molar-refractivity contribution is -0.121. The van der Waals surface area contributed by atoms with Crippen molar-refractivity contribution in [2.45, 2.75) is 17.9 Å². The maximum atomic E-state index is 13.3. The molecule has 0 unspecified atom stereocenters. The molecular weight excluding hydrogens is 396 g/mol. The Balaban J connectivity index is 1.53. The molecule has 0 fully saturated rings. The van der Waals surface area contributed by atoms with Gasteiger partial charge in [-0.1, -0.05) is 42.5 Å². The number of benzene rings is 3. The summed E-state index contributed by atoms with van der Waals surface area (Å²) in [6.07, 6.45) is 0. The third kappa shape index (κ3) is 4.49. The predicted molar refractivity (Wildman–Crippen MR) is 120 cm³/mol. The second kappa shape index (κ2) is 9.05. The Morgan fingerprint density at radius 3 is 2.43 bits per heavy atom. The highest BCUT2D eigenvalue weighted by Crippen LogP contribution is 2.43. The minimum atomic E-state index is -0.132. The van der Waals surface area contributed by atoms with Crippen LogP contribution in [0.1, 0.15) is 18.5 Å². The van der Waals surface area contributed by atoms with Gasteiger partial charge in [-0.2, -0.15) is 0 Å². The van der Waals surface area contributed by atoms with Gasteiger partial charge in [0.25, 0.3) is 5.91 Å². The Morgan fingerprint density at radius 2 is 1.70 bits per heavy atom. The predicted octanol–water partition coefficient (Wildman–Crippen LogP) is 4.90. The quantitative estimate of drug-likeness (QED) is 0.640. The van der Waals surface area contributed by atoms with Crippen LogP contribution in [0.25, 0.3) is 0 Å². The van der Waals surface area contributed by atoms with Crippen molar-refractivity contribution in [2.24, 2.45) is 0 Å². The molecule has 0 aliphatic carbocycles. The number of fused-ring (bicyclic) bond motifs is 1. The van der Waals surface area contributed by atoms with Crippen LogP contribution in [0.3, 0.4) is 0 Å². The monoisotopic (exact) mass is 418 g/mol. The molecule has 5 nitrogen and oxygen atoms in total. The zero-order valence-corrected chi connectivity index (χ0v) is 17.4. The normalized spacial score (nSPS) is 15.2.